The number of carbonyl (C=O) groups is 3. The van der Waals surface area contributed by atoms with Crippen LogP contribution >= 0.6 is 0 Å². The van der Waals surface area contributed by atoms with Crippen molar-refractivity contribution in [3.05, 3.63) is 29.8 Å². The maximum Gasteiger partial charge on any atom is 0.309 e. The second-order valence-electron chi connectivity index (χ2n) is 6.61. The van der Waals surface area contributed by atoms with Crippen molar-refractivity contribution in [3.8, 4) is 12.3 Å². The zero-order valence-corrected chi connectivity index (χ0v) is 15.7. The monoisotopic (exact) mass is 384 g/mol. The number of hydrogen-bond donors (Lipinski definition) is 3. The van der Waals surface area contributed by atoms with Gasteiger partial charge in [0.2, 0.25) is 11.8 Å². The maximum atomic E-state index is 12.7. The van der Waals surface area contributed by atoms with Crippen molar-refractivity contribution in [1.29, 1.82) is 0 Å². The Morgan fingerprint density at radius 2 is 2.14 bits per heavy atom. The van der Waals surface area contributed by atoms with Gasteiger partial charge in [0.1, 0.15) is 6.04 Å². The SMILES string of the molecule is C#C[C@@H](NC(=O)CC1CCN(c2ccc(C=NN)cc2)C1=O)C(CC)C(=O)O. The highest BCUT2D eigenvalue weighted by Crippen LogP contribution is 2.27. The Morgan fingerprint density at radius 1 is 1.46 bits per heavy atom. The number of benzene rings is 1. The van der Waals surface area contributed by atoms with Crippen molar-refractivity contribution in [3.63, 3.8) is 0 Å². The Morgan fingerprint density at radius 3 is 2.68 bits per heavy atom. The first-order chi connectivity index (χ1) is 13.4. The molecule has 1 fully saturated rings. The molecule has 148 valence electrons. The van der Waals surface area contributed by atoms with E-state index >= 15 is 0 Å². The number of amides is 2. The number of anilines is 1. The summed E-state index contributed by atoms with van der Waals surface area (Å²) in [6.45, 7) is 2.20. The first-order valence-electron chi connectivity index (χ1n) is 9.04. The van der Waals surface area contributed by atoms with E-state index in [1.54, 1.807) is 36.1 Å². The fourth-order valence-electron chi connectivity index (χ4n) is 3.28. The van der Waals surface area contributed by atoms with Gasteiger partial charge in [0.05, 0.1) is 12.1 Å². The topological polar surface area (TPSA) is 125 Å². The molecule has 8 nitrogen and oxygen atoms in total. The number of nitrogens with two attached hydrogens (primary N) is 1. The van der Waals surface area contributed by atoms with Crippen LogP contribution in [0.4, 0.5) is 5.69 Å². The van der Waals surface area contributed by atoms with E-state index in [2.05, 4.69) is 16.3 Å². The number of aliphatic carboxylic acids is 1. The number of terminal acetylenes is 1. The van der Waals surface area contributed by atoms with Crippen LogP contribution < -0.4 is 16.1 Å². The summed E-state index contributed by atoms with van der Waals surface area (Å²) >= 11 is 0. The van der Waals surface area contributed by atoms with Crippen molar-refractivity contribution in [2.75, 3.05) is 11.4 Å². The molecule has 1 aliphatic rings. The molecule has 1 aromatic carbocycles. The van der Waals surface area contributed by atoms with E-state index in [1.807, 2.05) is 0 Å². The highest BCUT2D eigenvalue weighted by atomic mass is 16.4. The molecule has 4 N–H and O–H groups in total. The maximum absolute atomic E-state index is 12.7. The van der Waals surface area contributed by atoms with Gasteiger partial charge >= 0.3 is 5.97 Å². The van der Waals surface area contributed by atoms with E-state index in [-0.39, 0.29) is 12.3 Å². The van der Waals surface area contributed by atoms with Crippen molar-refractivity contribution >= 4 is 29.7 Å². The fraction of sp³-hybridized carbons (Fsp3) is 0.400. The summed E-state index contributed by atoms with van der Waals surface area (Å²) in [7, 11) is 0. The number of carboxylic acids is 1. The summed E-state index contributed by atoms with van der Waals surface area (Å²) < 4.78 is 0. The minimum absolute atomic E-state index is 0.0263. The molecule has 2 amide bonds. The summed E-state index contributed by atoms with van der Waals surface area (Å²) in [5, 5.41) is 15.2. The van der Waals surface area contributed by atoms with Crippen molar-refractivity contribution < 1.29 is 19.5 Å². The number of nitrogens with one attached hydrogen (secondary N) is 1. The lowest BCUT2D eigenvalue weighted by molar-refractivity contribution is -0.142. The van der Waals surface area contributed by atoms with E-state index in [0.29, 0.717) is 19.4 Å². The molecule has 0 bridgehead atoms. The van der Waals surface area contributed by atoms with Gasteiger partial charge in [0, 0.05) is 24.6 Å². The largest absolute Gasteiger partial charge is 0.481 e. The summed E-state index contributed by atoms with van der Waals surface area (Å²) in [6.07, 6.45) is 7.70. The second-order valence-corrected chi connectivity index (χ2v) is 6.61. The van der Waals surface area contributed by atoms with E-state index in [9.17, 15) is 19.5 Å². The summed E-state index contributed by atoms with van der Waals surface area (Å²) in [5.41, 5.74) is 1.55. The summed E-state index contributed by atoms with van der Waals surface area (Å²) in [5.74, 6) is 4.50. The number of hydrazone groups is 1. The third-order valence-corrected chi connectivity index (χ3v) is 4.83. The van der Waals surface area contributed by atoms with Gasteiger partial charge in [-0.05, 0) is 30.5 Å². The molecule has 8 heteroatoms. The van der Waals surface area contributed by atoms with Crippen LogP contribution in [0.25, 0.3) is 0 Å². The Labute approximate surface area is 163 Å². The molecular formula is C20H24N4O4. The standard InChI is InChI=1S/C20H24N4O4/c1-3-16(20(27)28)17(4-2)23-18(25)11-14-9-10-24(19(14)26)15-7-5-13(6-8-15)12-22-21/h2,5-8,12,14,16-17H,3,9-11,21H2,1H3,(H,23,25)(H,27,28)/t14?,16?,17-/m1/s1. The van der Waals surface area contributed by atoms with Crippen molar-refractivity contribution in [2.45, 2.75) is 32.2 Å². The lowest BCUT2D eigenvalue weighted by Gasteiger charge is -2.20. The van der Waals surface area contributed by atoms with Gasteiger partial charge in [-0.15, -0.1) is 6.42 Å². The highest BCUT2D eigenvalue weighted by molar-refractivity contribution is 5.99. The van der Waals surface area contributed by atoms with Crippen LogP contribution in [-0.2, 0) is 14.4 Å². The predicted octanol–water partition coefficient (Wildman–Crippen LogP) is 0.951. The Bertz CT molecular complexity index is 797. The molecule has 0 saturated carbocycles. The smallest absolute Gasteiger partial charge is 0.309 e. The van der Waals surface area contributed by atoms with Crippen LogP contribution in [0.2, 0.25) is 0 Å². The van der Waals surface area contributed by atoms with Crippen LogP contribution in [0.5, 0.6) is 0 Å². The second kappa shape index (κ2) is 9.55. The lowest BCUT2D eigenvalue weighted by atomic mass is 9.96. The minimum atomic E-state index is -1.06. The van der Waals surface area contributed by atoms with Gasteiger partial charge in [-0.2, -0.15) is 5.10 Å². The lowest BCUT2D eigenvalue weighted by Crippen LogP contribution is -2.43. The van der Waals surface area contributed by atoms with E-state index in [1.165, 1.54) is 6.21 Å². The number of carbonyl (C=O) groups excluding carboxylic acids is 2. The molecule has 28 heavy (non-hydrogen) atoms. The molecule has 0 spiro atoms. The molecule has 0 aliphatic carbocycles. The average Bonchev–Trinajstić information content (AvgIpc) is 3.02. The molecule has 1 heterocycles. The Kier molecular flexibility index (Phi) is 7.15. The molecule has 1 saturated heterocycles. The Hall–Kier alpha value is -3.34. The van der Waals surface area contributed by atoms with Gasteiger partial charge in [-0.25, -0.2) is 0 Å². The normalized spacial score (nSPS) is 18.6. The highest BCUT2D eigenvalue weighted by Gasteiger charge is 2.35. The number of hydrogen-bond acceptors (Lipinski definition) is 5. The molecule has 2 unspecified atom stereocenters. The zero-order chi connectivity index (χ0) is 20.7. The molecule has 2 rings (SSSR count). The van der Waals surface area contributed by atoms with Gasteiger partial charge in [-0.1, -0.05) is 25.0 Å². The van der Waals surface area contributed by atoms with Crippen molar-refractivity contribution in [1.82, 2.24) is 5.32 Å². The van der Waals surface area contributed by atoms with Crippen LogP contribution in [0.1, 0.15) is 31.7 Å². The van der Waals surface area contributed by atoms with Gasteiger partial charge in [-0.3, -0.25) is 14.4 Å². The minimum Gasteiger partial charge on any atom is -0.481 e. The first-order valence-corrected chi connectivity index (χ1v) is 9.04. The number of rotatable bonds is 8. The summed E-state index contributed by atoms with van der Waals surface area (Å²) in [4.78, 5) is 37.9. The fourth-order valence-corrected chi connectivity index (χ4v) is 3.28. The van der Waals surface area contributed by atoms with Gasteiger partial charge in [0.25, 0.3) is 0 Å². The number of carboxylic acid groups (broad SMARTS) is 1. The molecule has 3 atom stereocenters. The molecule has 1 aromatic rings. The van der Waals surface area contributed by atoms with E-state index < -0.39 is 29.8 Å². The van der Waals surface area contributed by atoms with Gasteiger partial charge < -0.3 is 21.2 Å². The first kappa shape index (κ1) is 21.0. The van der Waals surface area contributed by atoms with Crippen LogP contribution in [-0.4, -0.2) is 41.7 Å². The third-order valence-electron chi connectivity index (χ3n) is 4.83. The van der Waals surface area contributed by atoms with Crippen molar-refractivity contribution in [2.24, 2.45) is 22.8 Å². The van der Waals surface area contributed by atoms with Gasteiger partial charge in [0.15, 0.2) is 0 Å². The van der Waals surface area contributed by atoms with Crippen LogP contribution in [0.15, 0.2) is 29.4 Å². The van der Waals surface area contributed by atoms with E-state index in [4.69, 9.17) is 12.3 Å². The van der Waals surface area contributed by atoms with E-state index in [0.717, 1.165) is 11.3 Å². The Balaban J connectivity index is 1.98. The molecule has 0 aromatic heterocycles. The van der Waals surface area contributed by atoms with Crippen LogP contribution in [0.3, 0.4) is 0 Å². The zero-order valence-electron chi connectivity index (χ0n) is 15.7. The quantitative estimate of drug-likeness (QED) is 0.266. The molecular weight excluding hydrogens is 360 g/mol. The number of nitrogens with zero attached hydrogens (tertiary/aromatic N) is 2. The third kappa shape index (κ3) is 4.88. The molecule has 0 radical (unpaired) electrons. The van der Waals surface area contributed by atoms with Crippen LogP contribution in [0, 0.1) is 24.2 Å². The summed E-state index contributed by atoms with van der Waals surface area (Å²) in [6, 6.07) is 6.29. The predicted molar refractivity (Wildman–Crippen MR) is 105 cm³/mol. The average molecular weight is 384 g/mol. The molecule has 1 aliphatic heterocycles.